The van der Waals surface area contributed by atoms with Crippen LogP contribution < -0.4 is 5.32 Å². The van der Waals surface area contributed by atoms with Gasteiger partial charge in [0.25, 0.3) is 0 Å². The van der Waals surface area contributed by atoms with Crippen LogP contribution in [0.4, 0.5) is 11.6 Å². The zero-order valence-corrected chi connectivity index (χ0v) is 13.9. The Morgan fingerprint density at radius 2 is 2.17 bits per heavy atom. The molecule has 0 spiro atoms. The van der Waals surface area contributed by atoms with Gasteiger partial charge < -0.3 is 5.32 Å². The van der Waals surface area contributed by atoms with E-state index in [4.69, 9.17) is 9.97 Å². The highest BCUT2D eigenvalue weighted by Crippen LogP contribution is 2.28. The molecule has 0 unspecified atom stereocenters. The van der Waals surface area contributed by atoms with Crippen molar-refractivity contribution in [2.45, 2.75) is 39.0 Å². The van der Waals surface area contributed by atoms with Gasteiger partial charge in [-0.15, -0.1) is 11.3 Å². The summed E-state index contributed by atoms with van der Waals surface area (Å²) >= 11 is 1.75. The van der Waals surface area contributed by atoms with E-state index in [0.29, 0.717) is 0 Å². The van der Waals surface area contributed by atoms with Crippen molar-refractivity contribution in [2.75, 3.05) is 5.32 Å². The molecule has 3 aromatic rings. The van der Waals surface area contributed by atoms with E-state index >= 15 is 0 Å². The molecule has 0 fully saturated rings. The molecule has 4 rings (SSSR count). The van der Waals surface area contributed by atoms with E-state index in [1.54, 1.807) is 11.3 Å². The molecular formula is C17H19N5S. The van der Waals surface area contributed by atoms with Gasteiger partial charge in [-0.05, 0) is 44.1 Å². The average molecular weight is 325 g/mol. The second-order valence-electron chi connectivity index (χ2n) is 5.94. The third-order valence-corrected chi connectivity index (χ3v) is 4.97. The predicted molar refractivity (Wildman–Crippen MR) is 92.4 cm³/mol. The number of aromatic amines is 1. The molecule has 0 aliphatic heterocycles. The molecule has 0 saturated carbocycles. The molecule has 0 amide bonds. The minimum atomic E-state index is 0.791. The summed E-state index contributed by atoms with van der Waals surface area (Å²) in [7, 11) is 0. The second kappa shape index (κ2) is 6.12. The molecule has 0 aromatic carbocycles. The standard InChI is InChI=1S/C17H19N5S/c1-11-9-16(22-21-11)20-17-13-6-2-3-7-14(13)18-15(19-17)10-12-5-4-8-23-12/h4-5,8-9H,2-3,6-7,10H2,1H3,(H2,18,19,20,21,22). The van der Waals surface area contributed by atoms with Gasteiger partial charge in [-0.1, -0.05) is 6.07 Å². The van der Waals surface area contributed by atoms with Crippen LogP contribution in [-0.4, -0.2) is 20.2 Å². The molecule has 3 heterocycles. The van der Waals surface area contributed by atoms with Crippen LogP contribution in [0.25, 0.3) is 0 Å². The summed E-state index contributed by atoms with van der Waals surface area (Å²) < 4.78 is 0. The number of hydrogen-bond donors (Lipinski definition) is 2. The quantitative estimate of drug-likeness (QED) is 0.766. The van der Waals surface area contributed by atoms with E-state index in [9.17, 15) is 0 Å². The fourth-order valence-electron chi connectivity index (χ4n) is 3.00. The number of fused-ring (bicyclic) bond motifs is 1. The maximum atomic E-state index is 4.82. The lowest BCUT2D eigenvalue weighted by molar-refractivity contribution is 0.658. The van der Waals surface area contributed by atoms with E-state index in [0.717, 1.165) is 42.4 Å². The van der Waals surface area contributed by atoms with Crippen LogP contribution in [0, 0.1) is 6.92 Å². The minimum Gasteiger partial charge on any atom is -0.323 e. The molecule has 2 N–H and O–H groups in total. The van der Waals surface area contributed by atoms with Crippen LogP contribution in [0.15, 0.2) is 23.6 Å². The third-order valence-electron chi connectivity index (χ3n) is 4.09. The Morgan fingerprint density at radius 3 is 2.96 bits per heavy atom. The number of rotatable bonds is 4. The molecule has 6 heteroatoms. The van der Waals surface area contributed by atoms with Gasteiger partial charge in [-0.2, -0.15) is 5.10 Å². The number of H-pyrrole nitrogens is 1. The van der Waals surface area contributed by atoms with Crippen molar-refractivity contribution in [1.29, 1.82) is 0 Å². The smallest absolute Gasteiger partial charge is 0.153 e. The van der Waals surface area contributed by atoms with Crippen LogP contribution in [0.3, 0.4) is 0 Å². The molecule has 3 aromatic heterocycles. The monoisotopic (exact) mass is 325 g/mol. The lowest BCUT2D eigenvalue weighted by Crippen LogP contribution is -2.13. The summed E-state index contributed by atoms with van der Waals surface area (Å²) in [6, 6.07) is 6.21. The first-order valence-corrected chi connectivity index (χ1v) is 8.86. The van der Waals surface area contributed by atoms with E-state index in [2.05, 4.69) is 33.0 Å². The molecule has 23 heavy (non-hydrogen) atoms. The lowest BCUT2D eigenvalue weighted by Gasteiger charge is -2.19. The van der Waals surface area contributed by atoms with Crippen molar-refractivity contribution in [3.8, 4) is 0 Å². The van der Waals surface area contributed by atoms with Crippen LogP contribution in [-0.2, 0) is 19.3 Å². The molecule has 1 aliphatic rings. The van der Waals surface area contributed by atoms with E-state index in [1.165, 1.54) is 29.0 Å². The van der Waals surface area contributed by atoms with Gasteiger partial charge in [0.2, 0.25) is 0 Å². The molecule has 0 saturated heterocycles. The molecular weight excluding hydrogens is 306 g/mol. The lowest BCUT2D eigenvalue weighted by atomic mass is 9.96. The van der Waals surface area contributed by atoms with Crippen molar-refractivity contribution in [2.24, 2.45) is 0 Å². The fourth-order valence-corrected chi connectivity index (χ4v) is 3.70. The van der Waals surface area contributed by atoms with Gasteiger partial charge in [0.15, 0.2) is 5.82 Å². The van der Waals surface area contributed by atoms with Crippen LogP contribution in [0.1, 0.15) is 40.5 Å². The summed E-state index contributed by atoms with van der Waals surface area (Å²) in [6.07, 6.45) is 5.29. The Kier molecular flexibility index (Phi) is 3.83. The SMILES string of the molecule is Cc1cc(Nc2nc(Cc3cccs3)nc3c2CCCC3)n[nH]1. The van der Waals surface area contributed by atoms with Gasteiger partial charge in [-0.25, -0.2) is 9.97 Å². The first kappa shape index (κ1) is 14.4. The Bertz CT molecular complexity index is 807. The maximum absolute atomic E-state index is 4.82. The third kappa shape index (κ3) is 3.12. The van der Waals surface area contributed by atoms with Crippen LogP contribution >= 0.6 is 11.3 Å². The topological polar surface area (TPSA) is 66.5 Å². The number of nitrogens with zero attached hydrogens (tertiary/aromatic N) is 3. The Hall–Kier alpha value is -2.21. The second-order valence-corrected chi connectivity index (χ2v) is 6.97. The highest BCUT2D eigenvalue weighted by Gasteiger charge is 2.18. The fraction of sp³-hybridized carbons (Fsp3) is 0.353. The first-order chi connectivity index (χ1) is 11.3. The van der Waals surface area contributed by atoms with Crippen LogP contribution in [0.5, 0.6) is 0 Å². The summed E-state index contributed by atoms with van der Waals surface area (Å²) in [5, 5.41) is 12.7. The number of aryl methyl sites for hydroxylation is 2. The van der Waals surface area contributed by atoms with Gasteiger partial charge >= 0.3 is 0 Å². The van der Waals surface area contributed by atoms with Crippen molar-refractivity contribution >= 4 is 23.0 Å². The molecule has 0 radical (unpaired) electrons. The zero-order valence-electron chi connectivity index (χ0n) is 13.1. The van der Waals surface area contributed by atoms with Crippen molar-refractivity contribution < 1.29 is 0 Å². The molecule has 1 aliphatic carbocycles. The molecule has 0 atom stereocenters. The number of thiophene rings is 1. The Morgan fingerprint density at radius 1 is 1.26 bits per heavy atom. The molecule has 0 bridgehead atoms. The minimum absolute atomic E-state index is 0.791. The molecule has 5 nitrogen and oxygen atoms in total. The number of anilines is 2. The van der Waals surface area contributed by atoms with Crippen LogP contribution in [0.2, 0.25) is 0 Å². The van der Waals surface area contributed by atoms with Crippen molar-refractivity contribution in [1.82, 2.24) is 20.2 Å². The normalized spacial score (nSPS) is 13.8. The van der Waals surface area contributed by atoms with Crippen molar-refractivity contribution in [3.05, 3.63) is 51.2 Å². The van der Waals surface area contributed by atoms with Crippen molar-refractivity contribution in [3.63, 3.8) is 0 Å². The average Bonchev–Trinajstić information content (AvgIpc) is 3.19. The summed E-state index contributed by atoms with van der Waals surface area (Å²) in [5.41, 5.74) is 3.49. The Balaban J connectivity index is 1.69. The Labute approximate surface area is 139 Å². The number of hydrogen-bond acceptors (Lipinski definition) is 5. The van der Waals surface area contributed by atoms with Gasteiger partial charge in [0.05, 0.1) is 0 Å². The maximum Gasteiger partial charge on any atom is 0.153 e. The largest absolute Gasteiger partial charge is 0.323 e. The number of aromatic nitrogens is 4. The number of nitrogens with one attached hydrogen (secondary N) is 2. The highest BCUT2D eigenvalue weighted by atomic mass is 32.1. The van der Waals surface area contributed by atoms with Gasteiger partial charge in [0.1, 0.15) is 11.6 Å². The first-order valence-electron chi connectivity index (χ1n) is 7.98. The molecule has 118 valence electrons. The van der Waals surface area contributed by atoms with Gasteiger partial charge in [-0.3, -0.25) is 5.10 Å². The van der Waals surface area contributed by atoms with E-state index < -0.39 is 0 Å². The summed E-state index contributed by atoms with van der Waals surface area (Å²) in [4.78, 5) is 10.9. The van der Waals surface area contributed by atoms with Gasteiger partial charge in [0, 0.05) is 34.3 Å². The predicted octanol–water partition coefficient (Wildman–Crippen LogP) is 3.78. The summed E-state index contributed by atoms with van der Waals surface area (Å²) in [6.45, 7) is 2.00. The van der Waals surface area contributed by atoms with E-state index in [-0.39, 0.29) is 0 Å². The summed E-state index contributed by atoms with van der Waals surface area (Å²) in [5.74, 6) is 2.63. The van der Waals surface area contributed by atoms with E-state index in [1.807, 2.05) is 13.0 Å². The highest BCUT2D eigenvalue weighted by molar-refractivity contribution is 7.09. The zero-order chi connectivity index (χ0) is 15.6.